The summed E-state index contributed by atoms with van der Waals surface area (Å²) in [6.45, 7) is 0. The van der Waals surface area contributed by atoms with Crippen LogP contribution in [0.4, 0.5) is 17.1 Å². The lowest BCUT2D eigenvalue weighted by Gasteiger charge is -2.28. The van der Waals surface area contributed by atoms with Gasteiger partial charge in [0.05, 0.1) is 16.7 Å². The minimum absolute atomic E-state index is 1.11. The molecule has 0 atom stereocenters. The molecule has 0 fully saturated rings. The first-order valence-electron chi connectivity index (χ1n) is 18.1. The fraction of sp³-hybridized carbons (Fsp3) is 0. The SMILES string of the molecule is c1ccc(-c2ccc(N(c3ccc4c(c3)sc3ccccc34)c3cc(-n4c5ccccc5c5c6ccccc6ccc54)cc4ccccc34)cc2)cc1. The molecule has 0 saturated carbocycles. The maximum absolute atomic E-state index is 2.46. The first-order chi connectivity index (χ1) is 26.3. The van der Waals surface area contributed by atoms with Gasteiger partial charge >= 0.3 is 0 Å². The zero-order chi connectivity index (χ0) is 34.9. The van der Waals surface area contributed by atoms with Crippen LogP contribution >= 0.6 is 11.3 Å². The largest absolute Gasteiger partial charge is 0.310 e. The average molecular weight is 693 g/mol. The van der Waals surface area contributed by atoms with E-state index in [1.54, 1.807) is 0 Å². The molecule has 0 unspecified atom stereocenters. The smallest absolute Gasteiger partial charge is 0.0560 e. The van der Waals surface area contributed by atoms with E-state index >= 15 is 0 Å². The molecule has 2 heterocycles. The van der Waals surface area contributed by atoms with Gasteiger partial charge in [0.2, 0.25) is 0 Å². The lowest BCUT2D eigenvalue weighted by molar-refractivity contribution is 1.18. The minimum atomic E-state index is 1.11. The average Bonchev–Trinajstić information content (AvgIpc) is 3.77. The lowest BCUT2D eigenvalue weighted by atomic mass is 10.0. The number of anilines is 3. The zero-order valence-electron chi connectivity index (χ0n) is 28.8. The third-order valence-electron chi connectivity index (χ3n) is 10.7. The van der Waals surface area contributed by atoms with Crippen LogP contribution in [0.3, 0.4) is 0 Å². The minimum Gasteiger partial charge on any atom is -0.310 e. The number of thiophene rings is 1. The quantitative estimate of drug-likeness (QED) is 0.174. The third kappa shape index (κ3) is 4.78. The molecular formula is C50H32N2S. The maximum Gasteiger partial charge on any atom is 0.0560 e. The summed E-state index contributed by atoms with van der Waals surface area (Å²) < 4.78 is 5.05. The highest BCUT2D eigenvalue weighted by Gasteiger charge is 2.21. The Morgan fingerprint density at radius 2 is 1.02 bits per heavy atom. The second-order valence-electron chi connectivity index (χ2n) is 13.7. The van der Waals surface area contributed by atoms with Crippen LogP contribution in [0.15, 0.2) is 194 Å². The van der Waals surface area contributed by atoms with Crippen LogP contribution in [0.5, 0.6) is 0 Å². The van der Waals surface area contributed by atoms with Gasteiger partial charge in [-0.25, -0.2) is 0 Å². The van der Waals surface area contributed by atoms with Gasteiger partial charge in [0.25, 0.3) is 0 Å². The number of fused-ring (bicyclic) bond motifs is 9. The Morgan fingerprint density at radius 3 is 1.87 bits per heavy atom. The van der Waals surface area contributed by atoms with E-state index in [0.29, 0.717) is 0 Å². The summed E-state index contributed by atoms with van der Waals surface area (Å²) in [5.41, 5.74) is 9.33. The normalized spacial score (nSPS) is 11.8. The van der Waals surface area contributed by atoms with Crippen molar-refractivity contribution in [2.45, 2.75) is 0 Å². The van der Waals surface area contributed by atoms with Crippen molar-refractivity contribution in [3.8, 4) is 16.8 Å². The zero-order valence-corrected chi connectivity index (χ0v) is 29.6. The number of hydrogen-bond acceptors (Lipinski definition) is 2. The molecule has 2 nitrogen and oxygen atoms in total. The van der Waals surface area contributed by atoms with Crippen LogP contribution in [0, 0.1) is 0 Å². The summed E-state index contributed by atoms with van der Waals surface area (Å²) >= 11 is 1.86. The van der Waals surface area contributed by atoms with Crippen LogP contribution in [-0.4, -0.2) is 4.57 Å². The third-order valence-corrected chi connectivity index (χ3v) is 11.9. The Bertz CT molecular complexity index is 3170. The first kappa shape index (κ1) is 30.0. The van der Waals surface area contributed by atoms with Gasteiger partial charge < -0.3 is 9.47 Å². The van der Waals surface area contributed by atoms with E-state index in [2.05, 4.69) is 204 Å². The predicted octanol–water partition coefficient (Wildman–Crippen LogP) is 14.6. The van der Waals surface area contributed by atoms with Gasteiger partial charge in [-0.15, -0.1) is 11.3 Å². The maximum atomic E-state index is 2.46. The highest BCUT2D eigenvalue weighted by atomic mass is 32.1. The van der Waals surface area contributed by atoms with Gasteiger partial charge in [-0.1, -0.05) is 140 Å². The Morgan fingerprint density at radius 1 is 0.377 bits per heavy atom. The predicted molar refractivity (Wildman–Crippen MR) is 229 cm³/mol. The molecule has 3 heteroatoms. The molecule has 0 radical (unpaired) electrons. The Labute approximate surface area is 311 Å². The number of nitrogens with zero attached hydrogens (tertiary/aromatic N) is 2. The van der Waals surface area contributed by atoms with Gasteiger partial charge in [0.1, 0.15) is 0 Å². The number of para-hydroxylation sites is 1. The fourth-order valence-corrected chi connectivity index (χ4v) is 9.46. The molecular weight excluding hydrogens is 661 g/mol. The van der Waals surface area contributed by atoms with E-state index in [-0.39, 0.29) is 0 Å². The van der Waals surface area contributed by atoms with E-state index in [0.717, 1.165) is 22.7 Å². The van der Waals surface area contributed by atoms with Crippen molar-refractivity contribution in [1.82, 2.24) is 4.57 Å². The van der Waals surface area contributed by atoms with Crippen LogP contribution in [0.1, 0.15) is 0 Å². The standard InChI is InChI=1S/C50H32N2S/c1-2-12-33(13-3-1)34-22-25-37(26-23-34)51(38-27-28-43-42-18-9-11-21-48(42)53-49(43)32-38)47-31-39(30-36-15-5-6-16-40(36)47)52-45-20-10-8-19-44(45)50-41-17-7-4-14-35(41)24-29-46(50)52/h1-32H. The van der Waals surface area contributed by atoms with Gasteiger partial charge in [0.15, 0.2) is 0 Å². The first-order valence-corrected chi connectivity index (χ1v) is 18.9. The van der Waals surface area contributed by atoms with Crippen molar-refractivity contribution in [2.24, 2.45) is 0 Å². The molecule has 0 N–H and O–H groups in total. The van der Waals surface area contributed by atoms with Gasteiger partial charge in [-0.05, 0) is 81.9 Å². The summed E-state index contributed by atoms with van der Waals surface area (Å²) in [5.74, 6) is 0. The number of rotatable bonds is 5. The Hall–Kier alpha value is -6.68. The molecule has 0 aliphatic rings. The van der Waals surface area contributed by atoms with Crippen LogP contribution < -0.4 is 4.90 Å². The van der Waals surface area contributed by atoms with E-state index in [1.807, 2.05) is 11.3 Å². The van der Waals surface area contributed by atoms with E-state index in [1.165, 1.54) is 74.6 Å². The van der Waals surface area contributed by atoms with Crippen molar-refractivity contribution < 1.29 is 0 Å². The molecule has 0 aliphatic heterocycles. The molecule has 248 valence electrons. The van der Waals surface area contributed by atoms with Crippen molar-refractivity contribution in [3.63, 3.8) is 0 Å². The molecule has 0 spiro atoms. The van der Waals surface area contributed by atoms with Gasteiger partial charge in [-0.2, -0.15) is 0 Å². The summed E-state index contributed by atoms with van der Waals surface area (Å²) in [7, 11) is 0. The fourth-order valence-electron chi connectivity index (χ4n) is 8.32. The monoisotopic (exact) mass is 692 g/mol. The summed E-state index contributed by atoms with van der Waals surface area (Å²) in [4.78, 5) is 2.45. The highest BCUT2D eigenvalue weighted by Crippen LogP contribution is 2.45. The molecule has 53 heavy (non-hydrogen) atoms. The molecule has 9 aromatic carbocycles. The molecule has 11 aromatic rings. The molecule has 0 aliphatic carbocycles. The summed E-state index contributed by atoms with van der Waals surface area (Å²) in [6, 6.07) is 71.1. The highest BCUT2D eigenvalue weighted by molar-refractivity contribution is 7.25. The van der Waals surface area contributed by atoms with E-state index in [9.17, 15) is 0 Å². The van der Waals surface area contributed by atoms with Crippen molar-refractivity contribution >= 4 is 91.9 Å². The molecule has 2 aromatic heterocycles. The lowest BCUT2D eigenvalue weighted by Crippen LogP contribution is -2.11. The number of benzene rings is 9. The van der Waals surface area contributed by atoms with Crippen molar-refractivity contribution in [2.75, 3.05) is 4.90 Å². The molecule has 0 saturated heterocycles. The second-order valence-corrected chi connectivity index (χ2v) is 14.8. The topological polar surface area (TPSA) is 8.17 Å². The van der Waals surface area contributed by atoms with Gasteiger partial charge in [-0.3, -0.25) is 0 Å². The molecule has 0 amide bonds. The van der Waals surface area contributed by atoms with Crippen molar-refractivity contribution in [3.05, 3.63) is 194 Å². The molecule has 0 bridgehead atoms. The second kappa shape index (κ2) is 11.9. The Kier molecular flexibility index (Phi) is 6.76. The van der Waals surface area contributed by atoms with Crippen LogP contribution in [0.2, 0.25) is 0 Å². The van der Waals surface area contributed by atoms with Crippen LogP contribution in [-0.2, 0) is 0 Å². The van der Waals surface area contributed by atoms with Gasteiger partial charge in [0, 0.05) is 53.4 Å². The number of hydrogen-bond donors (Lipinski definition) is 0. The van der Waals surface area contributed by atoms with E-state index in [4.69, 9.17) is 0 Å². The van der Waals surface area contributed by atoms with E-state index < -0.39 is 0 Å². The summed E-state index contributed by atoms with van der Waals surface area (Å²) in [6.07, 6.45) is 0. The van der Waals surface area contributed by atoms with Crippen LogP contribution in [0.25, 0.3) is 80.3 Å². The number of aromatic nitrogens is 1. The Balaban J connectivity index is 1.19. The molecule has 11 rings (SSSR count). The van der Waals surface area contributed by atoms with Crippen molar-refractivity contribution in [1.29, 1.82) is 0 Å². The summed E-state index contributed by atoms with van der Waals surface area (Å²) in [5, 5.41) is 10.1.